The van der Waals surface area contributed by atoms with Crippen LogP contribution in [0.5, 0.6) is 0 Å². The second-order valence-corrected chi connectivity index (χ2v) is 6.52. The number of aromatic nitrogens is 7. The summed E-state index contributed by atoms with van der Waals surface area (Å²) in [6, 6.07) is 5.99. The Bertz CT molecular complexity index is 848. The van der Waals surface area contributed by atoms with E-state index in [1.165, 1.54) is 4.88 Å². The molecule has 7 nitrogen and oxygen atoms in total. The number of fused-ring (bicyclic) bond motifs is 1. The lowest BCUT2D eigenvalue weighted by atomic mass is 10.5. The first-order valence-electron chi connectivity index (χ1n) is 6.58. The van der Waals surface area contributed by atoms with Crippen LogP contribution in [0.15, 0.2) is 47.3 Å². The summed E-state index contributed by atoms with van der Waals surface area (Å²) in [5.41, 5.74) is 0.953. The summed E-state index contributed by atoms with van der Waals surface area (Å²) in [6.07, 6.45) is 5.65. The highest BCUT2D eigenvalue weighted by Gasteiger charge is 2.10. The molecule has 0 bridgehead atoms. The third-order valence-corrected chi connectivity index (χ3v) is 4.87. The second-order valence-electron chi connectivity index (χ2n) is 4.55. The molecule has 0 aromatic carbocycles. The maximum atomic E-state index is 4.47. The van der Waals surface area contributed by atoms with Crippen LogP contribution in [0.3, 0.4) is 0 Å². The molecule has 0 radical (unpaired) electrons. The predicted octanol–water partition coefficient (Wildman–Crippen LogP) is 2.12. The lowest BCUT2D eigenvalue weighted by Gasteiger charge is -2.01. The summed E-state index contributed by atoms with van der Waals surface area (Å²) in [5.74, 6) is 1.41. The maximum Gasteiger partial charge on any atom is 0.233 e. The molecular formula is C13H11N7S2. The van der Waals surface area contributed by atoms with Crippen molar-refractivity contribution in [1.29, 1.82) is 0 Å². The summed E-state index contributed by atoms with van der Waals surface area (Å²) in [7, 11) is 0. The van der Waals surface area contributed by atoms with Crippen molar-refractivity contribution in [1.82, 2.24) is 34.6 Å². The van der Waals surface area contributed by atoms with Gasteiger partial charge in [-0.1, -0.05) is 17.8 Å². The lowest BCUT2D eigenvalue weighted by Crippen LogP contribution is -2.02. The van der Waals surface area contributed by atoms with Gasteiger partial charge < -0.3 is 0 Å². The van der Waals surface area contributed by atoms with Crippen molar-refractivity contribution in [2.75, 3.05) is 0 Å². The molecule has 0 fully saturated rings. The van der Waals surface area contributed by atoms with Gasteiger partial charge in [0.2, 0.25) is 10.9 Å². The summed E-state index contributed by atoms with van der Waals surface area (Å²) in [6.45, 7) is 0.694. The fraction of sp³-hybridized carbons (Fsp3) is 0.154. The average Bonchev–Trinajstić information content (AvgIpc) is 3.26. The van der Waals surface area contributed by atoms with Crippen molar-refractivity contribution in [3.63, 3.8) is 0 Å². The minimum atomic E-state index is 0.694. The standard InChI is InChI=1S/C13H11N7S2/c1-3-11(21-6-1)8-20-13(16-17-18-20)22-9-10-7-19-5-2-4-14-12(19)15-10/h1-7H,8-9H2. The van der Waals surface area contributed by atoms with Crippen LogP contribution in [0.4, 0.5) is 0 Å². The van der Waals surface area contributed by atoms with E-state index in [1.54, 1.807) is 29.3 Å². The van der Waals surface area contributed by atoms with Gasteiger partial charge in [0.05, 0.1) is 12.2 Å². The van der Waals surface area contributed by atoms with Gasteiger partial charge in [0.1, 0.15) is 0 Å². The average molecular weight is 329 g/mol. The molecule has 4 rings (SSSR count). The quantitative estimate of drug-likeness (QED) is 0.522. The number of tetrazole rings is 1. The van der Waals surface area contributed by atoms with Gasteiger partial charge in [-0.05, 0) is 27.9 Å². The van der Waals surface area contributed by atoms with E-state index in [-0.39, 0.29) is 0 Å². The Morgan fingerprint density at radius 3 is 3.14 bits per heavy atom. The van der Waals surface area contributed by atoms with Crippen molar-refractivity contribution in [2.24, 2.45) is 0 Å². The van der Waals surface area contributed by atoms with E-state index >= 15 is 0 Å². The first kappa shape index (κ1) is 13.4. The SMILES string of the molecule is c1csc(Cn2nnnc2SCc2cn3cccnc3n2)c1. The van der Waals surface area contributed by atoms with Crippen molar-refractivity contribution >= 4 is 28.9 Å². The molecule has 4 aromatic heterocycles. The summed E-state index contributed by atoms with van der Waals surface area (Å²) >= 11 is 3.27. The number of hydrogen-bond donors (Lipinski definition) is 0. The second kappa shape index (κ2) is 5.85. The molecule has 22 heavy (non-hydrogen) atoms. The van der Waals surface area contributed by atoms with Crippen LogP contribution in [0, 0.1) is 0 Å². The smallest absolute Gasteiger partial charge is 0.233 e. The minimum absolute atomic E-state index is 0.694. The summed E-state index contributed by atoms with van der Waals surface area (Å²) in [4.78, 5) is 9.91. The predicted molar refractivity (Wildman–Crippen MR) is 83.8 cm³/mol. The fourth-order valence-corrected chi connectivity index (χ4v) is 3.48. The van der Waals surface area contributed by atoms with E-state index in [4.69, 9.17) is 0 Å². The van der Waals surface area contributed by atoms with E-state index in [2.05, 4.69) is 36.9 Å². The highest BCUT2D eigenvalue weighted by molar-refractivity contribution is 7.98. The van der Waals surface area contributed by atoms with Crippen molar-refractivity contribution in [3.05, 3.63) is 52.7 Å². The zero-order chi connectivity index (χ0) is 14.8. The first-order valence-corrected chi connectivity index (χ1v) is 8.45. The Morgan fingerprint density at radius 2 is 2.27 bits per heavy atom. The molecule has 4 aromatic rings. The van der Waals surface area contributed by atoms with Crippen molar-refractivity contribution < 1.29 is 0 Å². The van der Waals surface area contributed by atoms with Gasteiger partial charge in [0.25, 0.3) is 0 Å². The van der Waals surface area contributed by atoms with Crippen LogP contribution < -0.4 is 0 Å². The molecule has 110 valence electrons. The monoisotopic (exact) mass is 329 g/mol. The fourth-order valence-electron chi connectivity index (χ4n) is 2.04. The largest absolute Gasteiger partial charge is 0.291 e. The van der Waals surface area contributed by atoms with E-state index in [1.807, 2.05) is 33.6 Å². The molecule has 0 spiro atoms. The number of imidazole rings is 1. The molecule has 0 aliphatic rings. The van der Waals surface area contributed by atoms with Crippen LogP contribution >= 0.6 is 23.1 Å². The number of nitrogens with zero attached hydrogens (tertiary/aromatic N) is 7. The molecule has 0 saturated carbocycles. The van der Waals surface area contributed by atoms with Crippen molar-refractivity contribution in [2.45, 2.75) is 17.5 Å². The first-order chi connectivity index (χ1) is 10.9. The van der Waals surface area contributed by atoms with Gasteiger partial charge in [0, 0.05) is 29.2 Å². The highest BCUT2D eigenvalue weighted by atomic mass is 32.2. The number of thioether (sulfide) groups is 1. The number of hydrogen-bond acceptors (Lipinski definition) is 7. The molecule has 0 aliphatic carbocycles. The van der Waals surface area contributed by atoms with Crippen LogP contribution in [0.25, 0.3) is 5.78 Å². The zero-order valence-corrected chi connectivity index (χ0v) is 13.0. The van der Waals surface area contributed by atoms with Crippen LogP contribution in [0.1, 0.15) is 10.6 Å². The Morgan fingerprint density at radius 1 is 1.27 bits per heavy atom. The van der Waals surface area contributed by atoms with E-state index in [9.17, 15) is 0 Å². The summed E-state index contributed by atoms with van der Waals surface area (Å²) < 4.78 is 3.72. The van der Waals surface area contributed by atoms with E-state index in [0.29, 0.717) is 18.1 Å². The Hall–Kier alpha value is -2.26. The normalized spacial score (nSPS) is 11.3. The van der Waals surface area contributed by atoms with Crippen LogP contribution in [0.2, 0.25) is 0 Å². The zero-order valence-electron chi connectivity index (χ0n) is 11.4. The Labute approximate surface area is 134 Å². The van der Waals surface area contributed by atoms with Gasteiger partial charge in [-0.15, -0.1) is 16.4 Å². The topological polar surface area (TPSA) is 73.8 Å². The van der Waals surface area contributed by atoms with Gasteiger partial charge in [-0.2, -0.15) is 0 Å². The minimum Gasteiger partial charge on any atom is -0.291 e. The lowest BCUT2D eigenvalue weighted by molar-refractivity contribution is 0.608. The molecule has 4 heterocycles. The van der Waals surface area contributed by atoms with E-state index in [0.717, 1.165) is 10.9 Å². The number of thiophene rings is 1. The molecule has 0 N–H and O–H groups in total. The van der Waals surface area contributed by atoms with Crippen LogP contribution in [-0.2, 0) is 12.3 Å². The van der Waals surface area contributed by atoms with Gasteiger partial charge >= 0.3 is 0 Å². The molecule has 9 heteroatoms. The number of rotatable bonds is 5. The maximum absolute atomic E-state index is 4.47. The van der Waals surface area contributed by atoms with Gasteiger partial charge in [-0.25, -0.2) is 14.6 Å². The Kier molecular flexibility index (Phi) is 3.57. The summed E-state index contributed by atoms with van der Waals surface area (Å²) in [5, 5.41) is 14.7. The Balaban J connectivity index is 1.48. The van der Waals surface area contributed by atoms with Crippen LogP contribution in [-0.4, -0.2) is 34.6 Å². The molecule has 0 unspecified atom stereocenters. The van der Waals surface area contributed by atoms with Crippen molar-refractivity contribution in [3.8, 4) is 0 Å². The molecular weight excluding hydrogens is 318 g/mol. The molecule has 0 amide bonds. The third-order valence-electron chi connectivity index (χ3n) is 3.02. The van der Waals surface area contributed by atoms with E-state index < -0.39 is 0 Å². The highest BCUT2D eigenvalue weighted by Crippen LogP contribution is 2.21. The third kappa shape index (κ3) is 2.72. The molecule has 0 aliphatic heterocycles. The van der Waals surface area contributed by atoms with Gasteiger partial charge in [0.15, 0.2) is 0 Å². The molecule has 0 atom stereocenters. The van der Waals surface area contributed by atoms with Gasteiger partial charge in [-0.3, -0.25) is 4.40 Å². The molecule has 0 saturated heterocycles.